The van der Waals surface area contributed by atoms with E-state index in [0.717, 1.165) is 50.7 Å². The Bertz CT molecular complexity index is 936. The number of nitrogen functional groups attached to an aromatic ring is 1. The molecule has 0 spiro atoms. The highest BCUT2D eigenvalue weighted by Crippen LogP contribution is 2.64. The van der Waals surface area contributed by atoms with Gasteiger partial charge in [0.2, 0.25) is 0 Å². The fourth-order valence-electron chi connectivity index (χ4n) is 7.52. The van der Waals surface area contributed by atoms with Crippen LogP contribution < -0.4 is 5.73 Å². The Balaban J connectivity index is 1.32. The van der Waals surface area contributed by atoms with Crippen LogP contribution in [0.25, 0.3) is 0 Å². The topological polar surface area (TPSA) is 84.9 Å². The molecule has 0 saturated heterocycles. The number of nitrogens with two attached hydrogens (primary N) is 1. The van der Waals surface area contributed by atoms with E-state index in [1.165, 1.54) is 12.0 Å². The van der Waals surface area contributed by atoms with Gasteiger partial charge >= 0.3 is 5.97 Å². The fraction of sp³-hybridized carbons (Fsp3) is 0.615. The Morgan fingerprint density at radius 3 is 2.55 bits per heavy atom. The van der Waals surface area contributed by atoms with Crippen LogP contribution in [-0.4, -0.2) is 23.0 Å². The van der Waals surface area contributed by atoms with Gasteiger partial charge in [-0.2, -0.15) is 0 Å². The van der Waals surface area contributed by atoms with Gasteiger partial charge in [0.25, 0.3) is 0 Å². The molecule has 0 heterocycles. The second-order valence-electron chi connectivity index (χ2n) is 10.7. The SMILES string of the molecule is C[C@]12CC[C@H](OC(=O)c3ccc(N)cc3)CC1=CC[C@@H]1[C@@H]2CC[C@]2(C)/C(=N/O)CC[C@@H]12. The standard InChI is InChI=1S/C26H34N2O3/c1-25-13-11-19(31-24(29)16-3-6-18(27)7-4-16)15-17(25)5-8-20-21-9-10-23(28-30)26(21,2)14-12-22(20)25/h3-7,19-22,30H,8-15,27H2,1-2H3/b28-23+/t19-,20-,21-,22-,25-,26-/m0/s1. The molecule has 0 unspecified atom stereocenters. The summed E-state index contributed by atoms with van der Waals surface area (Å²) in [4.78, 5) is 12.6. The third kappa shape index (κ3) is 3.19. The second kappa shape index (κ2) is 7.39. The van der Waals surface area contributed by atoms with E-state index in [0.29, 0.717) is 29.0 Å². The van der Waals surface area contributed by atoms with Crippen LogP contribution in [0.5, 0.6) is 0 Å². The molecular weight excluding hydrogens is 388 g/mol. The van der Waals surface area contributed by atoms with Gasteiger partial charge in [0.15, 0.2) is 0 Å². The molecule has 3 saturated carbocycles. The Morgan fingerprint density at radius 2 is 1.81 bits per heavy atom. The van der Waals surface area contributed by atoms with Crippen molar-refractivity contribution >= 4 is 17.4 Å². The monoisotopic (exact) mass is 422 g/mol. The van der Waals surface area contributed by atoms with Crippen molar-refractivity contribution in [2.75, 3.05) is 5.73 Å². The number of carbonyl (C=O) groups excluding carboxylic acids is 1. The largest absolute Gasteiger partial charge is 0.458 e. The number of anilines is 1. The van der Waals surface area contributed by atoms with Crippen molar-refractivity contribution < 1.29 is 14.7 Å². The predicted octanol–water partition coefficient (Wildman–Crippen LogP) is 5.59. The van der Waals surface area contributed by atoms with E-state index in [1.807, 2.05) is 0 Å². The van der Waals surface area contributed by atoms with Crippen molar-refractivity contribution in [3.63, 3.8) is 0 Å². The van der Waals surface area contributed by atoms with Crippen molar-refractivity contribution in [1.82, 2.24) is 0 Å². The second-order valence-corrected chi connectivity index (χ2v) is 10.7. The molecule has 1 aromatic rings. The Morgan fingerprint density at radius 1 is 1.10 bits per heavy atom. The number of ether oxygens (including phenoxy) is 1. The number of nitrogens with zero attached hydrogens (tertiary/aromatic N) is 1. The molecule has 166 valence electrons. The van der Waals surface area contributed by atoms with Gasteiger partial charge in [-0.25, -0.2) is 4.79 Å². The first-order valence-electron chi connectivity index (χ1n) is 11.8. The summed E-state index contributed by atoms with van der Waals surface area (Å²) in [6.45, 7) is 4.78. The lowest BCUT2D eigenvalue weighted by Crippen LogP contribution is -2.50. The van der Waals surface area contributed by atoms with E-state index in [9.17, 15) is 10.0 Å². The van der Waals surface area contributed by atoms with E-state index >= 15 is 0 Å². The van der Waals surface area contributed by atoms with Gasteiger partial charge in [-0.15, -0.1) is 0 Å². The van der Waals surface area contributed by atoms with Gasteiger partial charge in [0.05, 0.1) is 11.3 Å². The van der Waals surface area contributed by atoms with E-state index in [-0.39, 0.29) is 22.9 Å². The number of rotatable bonds is 2. The highest BCUT2D eigenvalue weighted by molar-refractivity contribution is 5.92. The first-order chi connectivity index (χ1) is 14.8. The van der Waals surface area contributed by atoms with E-state index in [4.69, 9.17) is 10.5 Å². The third-order valence-electron chi connectivity index (χ3n) is 9.34. The molecule has 0 amide bonds. The summed E-state index contributed by atoms with van der Waals surface area (Å²) in [5, 5.41) is 13.2. The van der Waals surface area contributed by atoms with Crippen LogP contribution in [0.3, 0.4) is 0 Å². The summed E-state index contributed by atoms with van der Waals surface area (Å²) in [6, 6.07) is 6.95. The van der Waals surface area contributed by atoms with Crippen LogP contribution >= 0.6 is 0 Å². The molecule has 0 bridgehead atoms. The van der Waals surface area contributed by atoms with E-state index < -0.39 is 0 Å². The maximum Gasteiger partial charge on any atom is 0.338 e. The molecule has 0 aromatic heterocycles. The molecule has 31 heavy (non-hydrogen) atoms. The number of fused-ring (bicyclic) bond motifs is 5. The van der Waals surface area contributed by atoms with Crippen molar-refractivity contribution in [2.45, 2.75) is 71.3 Å². The highest BCUT2D eigenvalue weighted by Gasteiger charge is 2.58. The summed E-state index contributed by atoms with van der Waals surface area (Å²) < 4.78 is 5.90. The maximum atomic E-state index is 12.6. The molecule has 1 aromatic carbocycles. The minimum absolute atomic E-state index is 0.0469. The van der Waals surface area contributed by atoms with Crippen LogP contribution in [0.2, 0.25) is 0 Å². The summed E-state index contributed by atoms with van der Waals surface area (Å²) >= 11 is 0. The molecule has 5 rings (SSSR count). The zero-order chi connectivity index (χ0) is 21.8. The number of oxime groups is 1. The lowest BCUT2D eigenvalue weighted by atomic mass is 9.48. The van der Waals surface area contributed by atoms with Gasteiger partial charge in [0.1, 0.15) is 6.10 Å². The summed E-state index contributed by atoms with van der Waals surface area (Å²) in [5.41, 5.74) is 9.73. The van der Waals surface area contributed by atoms with Crippen LogP contribution in [-0.2, 0) is 4.74 Å². The molecule has 5 heteroatoms. The number of carbonyl (C=O) groups is 1. The molecule has 0 radical (unpaired) electrons. The summed E-state index contributed by atoms with van der Waals surface area (Å²) in [5.74, 6) is 1.71. The van der Waals surface area contributed by atoms with Crippen molar-refractivity contribution in [3.8, 4) is 0 Å². The highest BCUT2D eigenvalue weighted by atomic mass is 16.5. The molecule has 6 atom stereocenters. The number of benzene rings is 1. The molecule has 4 aliphatic rings. The smallest absolute Gasteiger partial charge is 0.338 e. The summed E-state index contributed by atoms with van der Waals surface area (Å²) in [7, 11) is 0. The first kappa shape index (κ1) is 20.6. The zero-order valence-electron chi connectivity index (χ0n) is 18.6. The predicted molar refractivity (Wildman–Crippen MR) is 121 cm³/mol. The van der Waals surface area contributed by atoms with Gasteiger partial charge < -0.3 is 15.7 Å². The minimum atomic E-state index is -0.252. The number of hydrogen-bond donors (Lipinski definition) is 2. The summed E-state index contributed by atoms with van der Waals surface area (Å²) in [6.07, 6.45) is 10.8. The van der Waals surface area contributed by atoms with Crippen LogP contribution in [0.1, 0.15) is 75.6 Å². The molecule has 0 aliphatic heterocycles. The Hall–Kier alpha value is -2.30. The van der Waals surface area contributed by atoms with Crippen molar-refractivity contribution in [1.29, 1.82) is 0 Å². The molecular formula is C26H34N2O3. The zero-order valence-corrected chi connectivity index (χ0v) is 18.6. The van der Waals surface area contributed by atoms with E-state index in [2.05, 4.69) is 25.1 Å². The normalized spacial score (nSPS) is 40.5. The minimum Gasteiger partial charge on any atom is -0.458 e. The average molecular weight is 423 g/mol. The van der Waals surface area contributed by atoms with Crippen molar-refractivity contribution in [2.24, 2.45) is 33.7 Å². The van der Waals surface area contributed by atoms with Gasteiger partial charge in [0, 0.05) is 17.5 Å². The number of allylic oxidation sites excluding steroid dienone is 1. The number of hydrogen-bond acceptors (Lipinski definition) is 5. The lowest BCUT2D eigenvalue weighted by molar-refractivity contribution is -0.0287. The van der Waals surface area contributed by atoms with Gasteiger partial charge in [-0.1, -0.05) is 30.7 Å². The Kier molecular flexibility index (Phi) is 4.91. The molecule has 3 N–H and O–H groups in total. The fourth-order valence-corrected chi connectivity index (χ4v) is 7.52. The van der Waals surface area contributed by atoms with Gasteiger partial charge in [-0.3, -0.25) is 0 Å². The van der Waals surface area contributed by atoms with E-state index in [1.54, 1.807) is 24.3 Å². The quantitative estimate of drug-likeness (QED) is 0.214. The lowest BCUT2D eigenvalue weighted by Gasteiger charge is -2.57. The number of esters is 1. The van der Waals surface area contributed by atoms with Gasteiger partial charge in [-0.05, 0) is 92.4 Å². The maximum absolute atomic E-state index is 12.6. The van der Waals surface area contributed by atoms with Crippen molar-refractivity contribution in [3.05, 3.63) is 41.5 Å². The molecule has 4 aliphatic carbocycles. The molecule has 5 nitrogen and oxygen atoms in total. The van der Waals surface area contributed by atoms with Crippen LogP contribution in [0.15, 0.2) is 41.1 Å². The molecule has 3 fully saturated rings. The van der Waals surface area contributed by atoms with Crippen LogP contribution in [0.4, 0.5) is 5.69 Å². The average Bonchev–Trinajstić information content (AvgIpc) is 3.10. The first-order valence-corrected chi connectivity index (χ1v) is 11.8. The Labute approximate surface area is 184 Å². The third-order valence-corrected chi connectivity index (χ3v) is 9.34. The van der Waals surface area contributed by atoms with Crippen LogP contribution in [0, 0.1) is 28.6 Å².